The van der Waals surface area contributed by atoms with E-state index in [-0.39, 0.29) is 28.8 Å². The molecule has 9 nitrogen and oxygen atoms in total. The molecule has 3 N–H and O–H groups in total. The second-order valence-electron chi connectivity index (χ2n) is 17.4. The van der Waals surface area contributed by atoms with Crippen LogP contribution in [0.5, 0.6) is 0 Å². The molecule has 9 heteroatoms. The number of hydrogen-bond donors (Lipinski definition) is 3. The molecule has 2 atom stereocenters. The minimum Gasteiger partial charge on any atom is -0.349 e. The number of H-pyrrole nitrogens is 2. The molecule has 1 aliphatic carbocycles. The van der Waals surface area contributed by atoms with Gasteiger partial charge < -0.3 is 25.1 Å². The second kappa shape index (κ2) is 15.1. The number of aliphatic imine (C=N–C) groups is 1. The van der Waals surface area contributed by atoms with Gasteiger partial charge in [-0.25, -0.2) is 15.0 Å². The molecule has 1 aliphatic rings. The second-order valence-corrected chi connectivity index (χ2v) is 17.4. The van der Waals surface area contributed by atoms with Gasteiger partial charge in [-0.3, -0.25) is 4.79 Å². The number of guanidine groups is 1. The monoisotopic (exact) mass is 704 g/mol. The Morgan fingerprint density at radius 1 is 0.712 bits per heavy atom. The van der Waals surface area contributed by atoms with Gasteiger partial charge in [-0.2, -0.15) is 0 Å². The number of nitrogens with zero attached hydrogens (tertiary/aromatic N) is 5. The molecule has 0 saturated heterocycles. The fourth-order valence-electron chi connectivity index (χ4n) is 6.91. The molecule has 5 rings (SSSR count). The third kappa shape index (κ3) is 8.68. The topological polar surface area (TPSA) is 105 Å². The molecule has 2 aromatic carbocycles. The van der Waals surface area contributed by atoms with E-state index in [1.165, 1.54) is 12.0 Å². The number of carbonyl (C=O) groups excluding carboxylic acids is 1. The molecule has 0 bridgehead atoms. The van der Waals surface area contributed by atoms with Crippen molar-refractivity contribution in [1.29, 1.82) is 0 Å². The lowest BCUT2D eigenvalue weighted by molar-refractivity contribution is -0.129. The Morgan fingerprint density at radius 3 is 1.63 bits per heavy atom. The summed E-state index contributed by atoms with van der Waals surface area (Å²) in [7, 11) is 8.05. The summed E-state index contributed by atoms with van der Waals surface area (Å²) in [5.41, 5.74) is 6.57. The third-order valence-electron chi connectivity index (χ3n) is 10.1. The molecular formula is C43H60N8O. The lowest BCUT2D eigenvalue weighted by atomic mass is 9.77. The van der Waals surface area contributed by atoms with Gasteiger partial charge in [0.15, 0.2) is 5.96 Å². The Labute approximate surface area is 311 Å². The normalized spacial score (nSPS) is 15.0. The van der Waals surface area contributed by atoms with E-state index in [9.17, 15) is 4.79 Å². The summed E-state index contributed by atoms with van der Waals surface area (Å²) in [4.78, 5) is 39.5. The van der Waals surface area contributed by atoms with E-state index < -0.39 is 5.41 Å². The van der Waals surface area contributed by atoms with Crippen LogP contribution in [0.25, 0.3) is 33.6 Å². The number of amides is 1. The molecule has 4 aromatic rings. The standard InChI is InChI=1S/C43H60N8O/c1-41(2,3)35(48-39(52)43(7,8)32-16-14-13-15-17-32)37-44-26-33(46-37)30-22-18-28(19-23-30)29-20-24-31(25-21-29)34-27-45-38(47-34)36(42(4,5)6)49-40(50(9)10)51(11)12/h16,18-27,35-36H,13-15,17H2,1-12H3,(H,44,46)(H,45,47)(H,48,52). The van der Waals surface area contributed by atoms with Gasteiger partial charge in [0.1, 0.15) is 17.7 Å². The molecule has 0 aliphatic heterocycles. The first-order valence-corrected chi connectivity index (χ1v) is 18.6. The molecule has 2 aromatic heterocycles. The first-order chi connectivity index (χ1) is 24.4. The number of aromatic nitrogens is 4. The van der Waals surface area contributed by atoms with E-state index in [4.69, 9.17) is 15.0 Å². The van der Waals surface area contributed by atoms with Crippen molar-refractivity contribution in [2.75, 3.05) is 28.2 Å². The van der Waals surface area contributed by atoms with Crippen molar-refractivity contribution >= 4 is 11.9 Å². The minimum absolute atomic E-state index is 0.0451. The molecule has 52 heavy (non-hydrogen) atoms. The highest BCUT2D eigenvalue weighted by Crippen LogP contribution is 2.39. The SMILES string of the molecule is CN(C)C(=NC(c1ncc(-c2ccc(-c3ccc(-c4cnc(C(NC(=O)C(C)(C)C5=CCCCC5)C(C)(C)C)[nH]4)cc3)cc2)[nH]1)C(C)(C)C)N(C)C. The molecule has 0 radical (unpaired) electrons. The first kappa shape index (κ1) is 38.6. The summed E-state index contributed by atoms with van der Waals surface area (Å²) in [5.74, 6) is 2.56. The van der Waals surface area contributed by atoms with Gasteiger partial charge in [-0.1, -0.05) is 102 Å². The maximum absolute atomic E-state index is 13.7. The summed E-state index contributed by atoms with van der Waals surface area (Å²) in [5, 5.41) is 3.36. The number of aromatic amines is 2. The summed E-state index contributed by atoms with van der Waals surface area (Å²) < 4.78 is 0. The number of nitrogens with one attached hydrogen (secondary N) is 3. The number of hydrogen-bond acceptors (Lipinski definition) is 4. The molecule has 2 unspecified atom stereocenters. The van der Waals surface area contributed by atoms with E-state index in [1.807, 2.05) is 64.2 Å². The zero-order valence-electron chi connectivity index (χ0n) is 33.5. The van der Waals surface area contributed by atoms with Gasteiger partial charge in [0.05, 0.1) is 35.2 Å². The molecule has 278 valence electrons. The van der Waals surface area contributed by atoms with Crippen LogP contribution in [0.4, 0.5) is 0 Å². The maximum atomic E-state index is 13.7. The van der Waals surface area contributed by atoms with Crippen LogP contribution in [0.2, 0.25) is 0 Å². The van der Waals surface area contributed by atoms with Gasteiger partial charge in [0.2, 0.25) is 5.91 Å². The van der Waals surface area contributed by atoms with Crippen molar-refractivity contribution in [2.24, 2.45) is 21.2 Å². The van der Waals surface area contributed by atoms with E-state index in [2.05, 4.69) is 111 Å². The van der Waals surface area contributed by atoms with Crippen molar-refractivity contribution in [1.82, 2.24) is 35.1 Å². The zero-order valence-corrected chi connectivity index (χ0v) is 33.5. The summed E-state index contributed by atoms with van der Waals surface area (Å²) in [6.07, 6.45) is 10.4. The number of carbonyl (C=O) groups is 1. The van der Waals surface area contributed by atoms with Crippen molar-refractivity contribution in [3.05, 3.63) is 84.2 Å². The van der Waals surface area contributed by atoms with Gasteiger partial charge in [-0.15, -0.1) is 0 Å². The lowest BCUT2D eigenvalue weighted by Gasteiger charge is -2.35. The van der Waals surface area contributed by atoms with Crippen LogP contribution < -0.4 is 5.32 Å². The van der Waals surface area contributed by atoms with Gasteiger partial charge in [-0.05, 0) is 72.6 Å². The highest BCUT2D eigenvalue weighted by atomic mass is 16.2. The predicted molar refractivity (Wildman–Crippen MR) is 215 cm³/mol. The van der Waals surface area contributed by atoms with Crippen molar-refractivity contribution in [2.45, 2.75) is 93.2 Å². The summed E-state index contributed by atoms with van der Waals surface area (Å²) in [6, 6.07) is 16.7. The third-order valence-corrected chi connectivity index (χ3v) is 10.1. The van der Waals surface area contributed by atoms with Crippen LogP contribution in [0.3, 0.4) is 0 Å². The van der Waals surface area contributed by atoms with Gasteiger partial charge in [0, 0.05) is 28.2 Å². The van der Waals surface area contributed by atoms with Crippen LogP contribution in [0.1, 0.15) is 105 Å². The number of allylic oxidation sites excluding steroid dienone is 1. The fourth-order valence-corrected chi connectivity index (χ4v) is 6.91. The smallest absolute Gasteiger partial charge is 0.230 e. The average Bonchev–Trinajstić information content (AvgIpc) is 3.77. The molecule has 0 spiro atoms. The van der Waals surface area contributed by atoms with Crippen molar-refractivity contribution in [3.63, 3.8) is 0 Å². The highest BCUT2D eigenvalue weighted by Gasteiger charge is 2.38. The van der Waals surface area contributed by atoms with Crippen LogP contribution in [-0.4, -0.2) is 69.8 Å². The highest BCUT2D eigenvalue weighted by molar-refractivity contribution is 5.85. The van der Waals surface area contributed by atoms with Crippen LogP contribution in [0, 0.1) is 16.2 Å². The Morgan fingerprint density at radius 2 is 1.19 bits per heavy atom. The van der Waals surface area contributed by atoms with E-state index in [0.717, 1.165) is 70.5 Å². The first-order valence-electron chi connectivity index (χ1n) is 18.6. The van der Waals surface area contributed by atoms with Crippen LogP contribution in [-0.2, 0) is 4.79 Å². The van der Waals surface area contributed by atoms with Gasteiger partial charge >= 0.3 is 0 Å². The van der Waals surface area contributed by atoms with Crippen molar-refractivity contribution in [3.8, 4) is 33.6 Å². The number of benzene rings is 2. The Bertz CT molecular complexity index is 1870. The van der Waals surface area contributed by atoms with Crippen LogP contribution >= 0.6 is 0 Å². The predicted octanol–water partition coefficient (Wildman–Crippen LogP) is 9.43. The Hall–Kier alpha value is -4.66. The van der Waals surface area contributed by atoms with Gasteiger partial charge in [0.25, 0.3) is 0 Å². The average molecular weight is 705 g/mol. The minimum atomic E-state index is -0.554. The fraction of sp³-hybridized carbons (Fsp3) is 0.488. The Kier molecular flexibility index (Phi) is 11.2. The molecule has 0 saturated carbocycles. The molecule has 2 heterocycles. The lowest BCUT2D eigenvalue weighted by Crippen LogP contribution is -2.44. The summed E-state index contributed by atoms with van der Waals surface area (Å²) in [6.45, 7) is 17.1. The maximum Gasteiger partial charge on any atom is 0.230 e. The molecular weight excluding hydrogens is 645 g/mol. The Balaban J connectivity index is 1.31. The largest absolute Gasteiger partial charge is 0.349 e. The van der Waals surface area contributed by atoms with Crippen LogP contribution in [0.15, 0.2) is 77.6 Å². The van der Waals surface area contributed by atoms with E-state index in [1.54, 1.807) is 0 Å². The summed E-state index contributed by atoms with van der Waals surface area (Å²) >= 11 is 0. The number of rotatable bonds is 9. The zero-order chi connectivity index (χ0) is 38.0. The van der Waals surface area contributed by atoms with E-state index in [0.29, 0.717) is 0 Å². The molecule has 1 amide bonds. The molecule has 0 fully saturated rings. The quantitative estimate of drug-likeness (QED) is 0.0915. The number of imidazole rings is 2. The van der Waals surface area contributed by atoms with Crippen molar-refractivity contribution < 1.29 is 4.79 Å². The van der Waals surface area contributed by atoms with E-state index >= 15 is 0 Å².